The number of rotatable bonds is 4. The minimum Gasteiger partial charge on any atom is -0.386 e. The number of aliphatic hydroxyl groups excluding tert-OH is 1. The van der Waals surface area contributed by atoms with E-state index < -0.39 is 30.9 Å². The van der Waals surface area contributed by atoms with Crippen molar-refractivity contribution < 1.29 is 42.9 Å². The van der Waals surface area contributed by atoms with Gasteiger partial charge in [0.05, 0.1) is 6.61 Å². The molecule has 31 heavy (non-hydrogen) atoms. The minimum atomic E-state index is -0.989. The summed E-state index contributed by atoms with van der Waals surface area (Å²) in [5, 5.41) is 11.1. The maximum absolute atomic E-state index is 11.1. The second-order valence-electron chi connectivity index (χ2n) is 7.32. The van der Waals surface area contributed by atoms with Crippen LogP contribution in [0, 0.1) is 6.07 Å². The van der Waals surface area contributed by atoms with Gasteiger partial charge in [0, 0.05) is 11.1 Å². The molecule has 2 aromatic carbocycles. The first-order valence-corrected chi connectivity index (χ1v) is 9.97. The fourth-order valence-electron chi connectivity index (χ4n) is 3.84. The predicted octanol–water partition coefficient (Wildman–Crippen LogP) is 0.516. The third-order valence-electron chi connectivity index (χ3n) is 5.36. The van der Waals surface area contributed by atoms with Gasteiger partial charge in [0.25, 0.3) is 0 Å². The SMILES string of the molecule is O[C@H](c1cc[c-]cn1)[C@@H]1OC(c2ccccc2)O[C@@H]2COC(c3ccccc3)O[C@@H]12.[Li+]. The number of pyridine rings is 1. The van der Waals surface area contributed by atoms with Gasteiger partial charge in [0.2, 0.25) is 0 Å². The van der Waals surface area contributed by atoms with Gasteiger partial charge < -0.3 is 24.1 Å². The van der Waals surface area contributed by atoms with E-state index in [4.69, 9.17) is 18.9 Å². The zero-order chi connectivity index (χ0) is 20.3. The molecule has 0 amide bonds. The van der Waals surface area contributed by atoms with Crippen molar-refractivity contribution in [3.05, 3.63) is 102 Å². The van der Waals surface area contributed by atoms with Crippen LogP contribution in [-0.2, 0) is 18.9 Å². The molecule has 0 aliphatic carbocycles. The Kier molecular flexibility index (Phi) is 7.21. The first-order valence-electron chi connectivity index (χ1n) is 9.97. The average molecular weight is 411 g/mol. The molecule has 6 nitrogen and oxygen atoms in total. The van der Waals surface area contributed by atoms with E-state index in [9.17, 15) is 5.11 Å². The molecule has 0 saturated carbocycles. The summed E-state index contributed by atoms with van der Waals surface area (Å²) >= 11 is 0. The Morgan fingerprint density at radius 3 is 2.19 bits per heavy atom. The normalized spacial score (nSPS) is 28.7. The summed E-state index contributed by atoms with van der Waals surface area (Å²) in [6.07, 6.45) is -2.25. The van der Waals surface area contributed by atoms with E-state index in [1.54, 1.807) is 12.1 Å². The molecule has 2 aliphatic heterocycles. The molecular weight excluding hydrogens is 389 g/mol. The summed E-state index contributed by atoms with van der Waals surface area (Å²) in [5.74, 6) is 0. The topological polar surface area (TPSA) is 70.0 Å². The zero-order valence-corrected chi connectivity index (χ0v) is 17.2. The van der Waals surface area contributed by atoms with E-state index in [-0.39, 0.29) is 25.0 Å². The fourth-order valence-corrected chi connectivity index (χ4v) is 3.84. The second-order valence-corrected chi connectivity index (χ2v) is 7.32. The van der Waals surface area contributed by atoms with Crippen molar-refractivity contribution in [3.8, 4) is 0 Å². The first kappa shape index (κ1) is 22.2. The quantitative estimate of drug-likeness (QED) is 0.499. The van der Waals surface area contributed by atoms with Crippen LogP contribution in [0.3, 0.4) is 0 Å². The summed E-state index contributed by atoms with van der Waals surface area (Å²) in [5.41, 5.74) is 2.27. The van der Waals surface area contributed by atoms with Crippen molar-refractivity contribution in [2.45, 2.75) is 37.0 Å². The molecule has 2 fully saturated rings. The Balaban J connectivity index is 0.00000231. The van der Waals surface area contributed by atoms with Crippen LogP contribution in [-0.4, -0.2) is 35.0 Å². The van der Waals surface area contributed by atoms with Crippen LogP contribution >= 0.6 is 0 Å². The molecule has 7 heteroatoms. The van der Waals surface area contributed by atoms with Gasteiger partial charge in [0.15, 0.2) is 12.6 Å². The standard InChI is InChI=1S/C24H22NO5.Li/c26-20(18-13-7-8-14-25-18)22-21-19(28-24(30-22)17-11-5-2-6-12-17)15-27-23(29-21)16-9-3-1-4-10-16;/h1-7,9-14,19-24,26H,15H2;/q-1;+1/t19-,20-,21-,22+,23?,24?;/m1./s1. The van der Waals surface area contributed by atoms with E-state index in [0.717, 1.165) is 11.1 Å². The van der Waals surface area contributed by atoms with Crippen LogP contribution in [0.15, 0.2) is 79.0 Å². The summed E-state index contributed by atoms with van der Waals surface area (Å²) < 4.78 is 24.6. The Hall–Kier alpha value is -2.01. The summed E-state index contributed by atoms with van der Waals surface area (Å²) in [7, 11) is 0. The molecule has 2 aliphatic rings. The molecule has 1 N–H and O–H groups in total. The molecule has 1 aromatic heterocycles. The van der Waals surface area contributed by atoms with Crippen molar-refractivity contribution in [2.24, 2.45) is 0 Å². The van der Waals surface area contributed by atoms with E-state index in [1.165, 1.54) is 6.20 Å². The van der Waals surface area contributed by atoms with E-state index in [0.29, 0.717) is 12.3 Å². The average Bonchev–Trinajstić information content (AvgIpc) is 2.84. The minimum absolute atomic E-state index is 0. The Morgan fingerprint density at radius 1 is 0.871 bits per heavy atom. The van der Waals surface area contributed by atoms with E-state index >= 15 is 0 Å². The van der Waals surface area contributed by atoms with Crippen molar-refractivity contribution in [3.63, 3.8) is 0 Å². The summed E-state index contributed by atoms with van der Waals surface area (Å²) in [6, 6.07) is 25.7. The molecule has 3 aromatic rings. The largest absolute Gasteiger partial charge is 1.00 e. The van der Waals surface area contributed by atoms with E-state index in [2.05, 4.69) is 11.1 Å². The molecule has 0 bridgehead atoms. The van der Waals surface area contributed by atoms with Gasteiger partial charge in [0.1, 0.15) is 24.4 Å². The third-order valence-corrected chi connectivity index (χ3v) is 5.36. The molecule has 2 saturated heterocycles. The van der Waals surface area contributed by atoms with Crippen LogP contribution in [0.4, 0.5) is 0 Å². The number of ether oxygens (including phenoxy) is 4. The van der Waals surface area contributed by atoms with Crippen molar-refractivity contribution in [1.29, 1.82) is 0 Å². The molecule has 154 valence electrons. The van der Waals surface area contributed by atoms with Gasteiger partial charge in [-0.1, -0.05) is 66.9 Å². The molecular formula is C24H22LiNO5. The number of hydrogen-bond acceptors (Lipinski definition) is 6. The molecule has 0 radical (unpaired) electrons. The molecule has 0 spiro atoms. The predicted molar refractivity (Wildman–Crippen MR) is 107 cm³/mol. The Morgan fingerprint density at radius 2 is 1.55 bits per heavy atom. The number of benzene rings is 2. The molecule has 3 heterocycles. The number of fused-ring (bicyclic) bond motifs is 1. The van der Waals surface area contributed by atoms with Gasteiger partial charge in [-0.2, -0.15) is 6.07 Å². The smallest absolute Gasteiger partial charge is 0.386 e. The number of hydrogen-bond donors (Lipinski definition) is 1. The molecule has 5 rings (SSSR count). The van der Waals surface area contributed by atoms with Gasteiger partial charge in [-0.3, -0.25) is 4.98 Å². The van der Waals surface area contributed by atoms with Gasteiger partial charge in [-0.15, -0.1) is 0 Å². The fraction of sp³-hybridized carbons (Fsp3) is 0.292. The monoisotopic (exact) mass is 411 g/mol. The summed E-state index contributed by atoms with van der Waals surface area (Å²) in [4.78, 5) is 4.25. The van der Waals surface area contributed by atoms with Gasteiger partial charge >= 0.3 is 18.9 Å². The summed E-state index contributed by atoms with van der Waals surface area (Å²) in [6.45, 7) is 0.330. The van der Waals surface area contributed by atoms with Crippen molar-refractivity contribution >= 4 is 0 Å². The van der Waals surface area contributed by atoms with Crippen LogP contribution in [0.2, 0.25) is 0 Å². The van der Waals surface area contributed by atoms with Crippen LogP contribution < -0.4 is 18.9 Å². The zero-order valence-electron chi connectivity index (χ0n) is 17.2. The van der Waals surface area contributed by atoms with Crippen LogP contribution in [0.5, 0.6) is 0 Å². The van der Waals surface area contributed by atoms with Crippen molar-refractivity contribution in [2.75, 3.05) is 6.61 Å². The number of nitrogens with zero attached hydrogens (tertiary/aromatic N) is 1. The number of aliphatic hydroxyl groups is 1. The number of aromatic nitrogens is 1. The van der Waals surface area contributed by atoms with Gasteiger partial charge in [-0.05, 0) is 5.69 Å². The van der Waals surface area contributed by atoms with Crippen LogP contribution in [0.1, 0.15) is 35.5 Å². The molecule has 2 unspecified atom stereocenters. The Bertz CT molecular complexity index is 946. The maximum Gasteiger partial charge on any atom is 1.00 e. The second kappa shape index (κ2) is 10.1. The van der Waals surface area contributed by atoms with Crippen molar-refractivity contribution in [1.82, 2.24) is 4.98 Å². The third kappa shape index (κ3) is 4.76. The maximum atomic E-state index is 11.1. The Labute approximate surface area is 193 Å². The van der Waals surface area contributed by atoms with Crippen LogP contribution in [0.25, 0.3) is 0 Å². The van der Waals surface area contributed by atoms with E-state index in [1.807, 2.05) is 60.7 Å². The van der Waals surface area contributed by atoms with Gasteiger partial charge in [-0.25, -0.2) is 12.1 Å². The molecule has 6 atom stereocenters. The first-order chi connectivity index (χ1) is 14.8.